The van der Waals surface area contributed by atoms with Gasteiger partial charge in [0.15, 0.2) is 5.65 Å². The number of carbonyl (C=O) groups excluding carboxylic acids is 1. The number of aromatic amines is 1. The lowest BCUT2D eigenvalue weighted by molar-refractivity contribution is 0.0557. The number of nitrogens with one attached hydrogen (secondary N) is 1. The highest BCUT2D eigenvalue weighted by molar-refractivity contribution is 5.91. The Morgan fingerprint density at radius 1 is 0.927 bits per heavy atom. The van der Waals surface area contributed by atoms with Gasteiger partial charge in [0.1, 0.15) is 11.6 Å². The lowest BCUT2D eigenvalue weighted by atomic mass is 9.85. The van der Waals surface area contributed by atoms with Crippen molar-refractivity contribution in [3.05, 3.63) is 77.8 Å². The molecule has 1 amide bonds. The van der Waals surface area contributed by atoms with Gasteiger partial charge in [0.05, 0.1) is 17.6 Å². The molecule has 1 aromatic carbocycles. The van der Waals surface area contributed by atoms with Gasteiger partial charge in [-0.2, -0.15) is 9.61 Å². The van der Waals surface area contributed by atoms with E-state index in [9.17, 15) is 4.79 Å². The van der Waals surface area contributed by atoms with Crippen LogP contribution in [0, 0.1) is 6.92 Å². The number of anilines is 1. The Morgan fingerprint density at radius 2 is 1.71 bits per heavy atom. The number of aryl methyl sites for hydroxylation is 1. The predicted molar refractivity (Wildman–Crippen MR) is 154 cm³/mol. The molecule has 0 spiro atoms. The number of nitrogen functional groups attached to an aromatic ring is 1. The zero-order chi connectivity index (χ0) is 27.7. The highest BCUT2D eigenvalue weighted by Crippen LogP contribution is 2.50. The van der Waals surface area contributed by atoms with Crippen LogP contribution >= 0.6 is 0 Å². The van der Waals surface area contributed by atoms with Crippen LogP contribution in [-0.2, 0) is 0 Å². The molecular weight excluding hydrogens is 514 g/mol. The van der Waals surface area contributed by atoms with E-state index < -0.39 is 0 Å². The third kappa shape index (κ3) is 4.00. The van der Waals surface area contributed by atoms with E-state index in [4.69, 9.17) is 15.7 Å². The highest BCUT2D eigenvalue weighted by atomic mass is 16.2. The van der Waals surface area contributed by atoms with E-state index in [0.717, 1.165) is 77.8 Å². The number of H-pyrrole nitrogens is 1. The molecule has 8 rings (SSSR count). The third-order valence-corrected chi connectivity index (χ3v) is 9.04. The van der Waals surface area contributed by atoms with E-state index in [0.29, 0.717) is 23.4 Å². The number of rotatable bonds is 5. The molecule has 206 valence electrons. The topological polar surface area (TPSA) is 131 Å². The van der Waals surface area contributed by atoms with Crippen LogP contribution in [0.3, 0.4) is 0 Å². The molecule has 3 N–H and O–H groups in total. The average molecular weight is 546 g/mol. The zero-order valence-corrected chi connectivity index (χ0v) is 22.9. The first kappa shape index (κ1) is 24.2. The van der Waals surface area contributed by atoms with Gasteiger partial charge < -0.3 is 15.6 Å². The second-order valence-electron chi connectivity index (χ2n) is 11.7. The Hall–Kier alpha value is -4.60. The van der Waals surface area contributed by atoms with Gasteiger partial charge in [0.25, 0.3) is 5.91 Å². The maximum Gasteiger partial charge on any atom is 0.292 e. The van der Waals surface area contributed by atoms with Crippen LogP contribution < -0.4 is 5.73 Å². The number of piperidine rings is 1. The van der Waals surface area contributed by atoms with Gasteiger partial charge in [-0.1, -0.05) is 36.4 Å². The summed E-state index contributed by atoms with van der Waals surface area (Å²) in [5, 5.41) is 12.7. The van der Waals surface area contributed by atoms with E-state index in [1.165, 1.54) is 0 Å². The van der Waals surface area contributed by atoms with Gasteiger partial charge >= 0.3 is 0 Å². The second-order valence-corrected chi connectivity index (χ2v) is 11.7. The molecule has 5 aromatic rings. The van der Waals surface area contributed by atoms with Crippen LogP contribution in [0.15, 0.2) is 54.9 Å². The normalized spacial score (nSPS) is 22.0. The van der Waals surface area contributed by atoms with Gasteiger partial charge in [0.2, 0.25) is 5.82 Å². The van der Waals surface area contributed by atoms with Crippen LogP contribution in [0.25, 0.3) is 28.0 Å². The van der Waals surface area contributed by atoms with Crippen molar-refractivity contribution in [2.24, 2.45) is 0 Å². The Bertz CT molecular complexity index is 1760. The first-order valence-electron chi connectivity index (χ1n) is 14.5. The quantitative estimate of drug-likeness (QED) is 0.321. The fourth-order valence-corrected chi connectivity index (χ4v) is 6.98. The van der Waals surface area contributed by atoms with Gasteiger partial charge in [0, 0.05) is 46.5 Å². The van der Waals surface area contributed by atoms with Crippen molar-refractivity contribution in [2.45, 2.75) is 69.4 Å². The van der Waals surface area contributed by atoms with Crippen molar-refractivity contribution < 1.29 is 4.79 Å². The zero-order valence-electron chi connectivity index (χ0n) is 22.9. The molecule has 0 unspecified atom stereocenters. The summed E-state index contributed by atoms with van der Waals surface area (Å²) < 4.78 is 1.80. The summed E-state index contributed by atoms with van der Waals surface area (Å²) in [5.74, 6) is 2.28. The number of amides is 1. The van der Waals surface area contributed by atoms with Crippen LogP contribution in [0.4, 0.5) is 5.82 Å². The summed E-state index contributed by atoms with van der Waals surface area (Å²) in [5.41, 5.74) is 13.7. The number of carbonyl (C=O) groups is 1. The molecule has 10 nitrogen and oxygen atoms in total. The second kappa shape index (κ2) is 9.22. The van der Waals surface area contributed by atoms with Crippen LogP contribution in [0.5, 0.6) is 0 Å². The van der Waals surface area contributed by atoms with Crippen LogP contribution in [0.1, 0.15) is 78.1 Å². The summed E-state index contributed by atoms with van der Waals surface area (Å²) in [4.78, 5) is 28.5. The molecule has 2 aliphatic heterocycles. The van der Waals surface area contributed by atoms with Crippen molar-refractivity contribution >= 4 is 17.4 Å². The predicted octanol–water partition coefficient (Wildman–Crippen LogP) is 4.90. The Morgan fingerprint density at radius 3 is 2.37 bits per heavy atom. The van der Waals surface area contributed by atoms with Gasteiger partial charge in [-0.05, 0) is 57.4 Å². The van der Waals surface area contributed by atoms with Crippen LogP contribution in [-0.4, -0.2) is 57.7 Å². The summed E-state index contributed by atoms with van der Waals surface area (Å²) in [7, 11) is 0. The lowest BCUT2D eigenvalue weighted by Crippen LogP contribution is -2.46. The first-order chi connectivity index (χ1) is 20.0. The van der Waals surface area contributed by atoms with E-state index in [1.54, 1.807) is 4.52 Å². The maximum absolute atomic E-state index is 13.4. The number of nitrogens with zero attached hydrogens (tertiary/aromatic N) is 7. The minimum absolute atomic E-state index is 0.0496. The molecule has 2 bridgehead atoms. The number of aromatic nitrogens is 7. The fourth-order valence-electron chi connectivity index (χ4n) is 6.98. The minimum atomic E-state index is -0.0496. The molecule has 3 atom stereocenters. The molecular formula is C31H31N9O. The molecule has 6 heterocycles. The van der Waals surface area contributed by atoms with E-state index in [1.807, 2.05) is 48.5 Å². The summed E-state index contributed by atoms with van der Waals surface area (Å²) in [6, 6.07) is 14.6. The molecule has 0 radical (unpaired) electrons. The lowest BCUT2D eigenvalue weighted by Gasteiger charge is -2.39. The summed E-state index contributed by atoms with van der Waals surface area (Å²) >= 11 is 0. The monoisotopic (exact) mass is 545 g/mol. The first-order valence-corrected chi connectivity index (χ1v) is 14.5. The van der Waals surface area contributed by atoms with Crippen LogP contribution in [0.2, 0.25) is 0 Å². The number of benzene rings is 1. The van der Waals surface area contributed by atoms with Crippen molar-refractivity contribution in [3.63, 3.8) is 0 Å². The fraction of sp³-hybridized carbons (Fsp3) is 0.355. The standard InChI is InChI=1S/C31H31N9O/c1-17-35-29(38-37-17)31(41)39-22-10-11-23(39)14-21(13-22)27-26(19-7-8-19)28(32)40-30(36-27)24(16-34-40)20-9-12-25(33-15-20)18-5-3-2-4-6-18/h2-6,9,12,15-16,19,21-23H,7-8,10-11,13-14,32H2,1H3,(H,35,37,38)/t21-,22-,23+. The molecule has 1 aliphatic carbocycles. The Kier molecular flexibility index (Phi) is 5.45. The highest BCUT2D eigenvalue weighted by Gasteiger charge is 2.46. The smallest absolute Gasteiger partial charge is 0.292 e. The molecule has 2 saturated heterocycles. The molecule has 41 heavy (non-hydrogen) atoms. The van der Waals surface area contributed by atoms with Crippen molar-refractivity contribution in [3.8, 4) is 22.4 Å². The van der Waals surface area contributed by atoms with Crippen molar-refractivity contribution in [2.75, 3.05) is 5.73 Å². The molecule has 10 heteroatoms. The largest absolute Gasteiger partial charge is 0.383 e. The van der Waals surface area contributed by atoms with E-state index in [2.05, 4.69) is 38.5 Å². The van der Waals surface area contributed by atoms with Gasteiger partial charge in [-0.3, -0.25) is 9.78 Å². The SMILES string of the molecule is Cc1nnc(C(=O)N2[C@@H]3CC[C@H]2C[C@H](c2nc4c(-c5ccc(-c6ccccc6)nc5)cnn4c(N)c2C2CC2)C3)[nH]1. The molecule has 1 saturated carbocycles. The average Bonchev–Trinajstić information content (AvgIpc) is 3.49. The number of fused-ring (bicyclic) bond motifs is 3. The van der Waals surface area contributed by atoms with E-state index >= 15 is 0 Å². The number of hydrogen-bond donors (Lipinski definition) is 2. The van der Waals surface area contributed by atoms with E-state index in [-0.39, 0.29) is 23.9 Å². The van der Waals surface area contributed by atoms with Gasteiger partial charge in [-0.15, -0.1) is 10.2 Å². The molecule has 4 aromatic heterocycles. The summed E-state index contributed by atoms with van der Waals surface area (Å²) in [6.45, 7) is 1.81. The minimum Gasteiger partial charge on any atom is -0.383 e. The number of nitrogens with two attached hydrogens (primary N) is 1. The molecule has 3 fully saturated rings. The van der Waals surface area contributed by atoms with Crippen molar-refractivity contribution in [1.82, 2.24) is 39.7 Å². The van der Waals surface area contributed by atoms with Gasteiger partial charge in [-0.25, -0.2) is 4.98 Å². The maximum atomic E-state index is 13.4. The third-order valence-electron chi connectivity index (χ3n) is 9.04. The number of pyridine rings is 1. The Balaban J connectivity index is 1.15. The summed E-state index contributed by atoms with van der Waals surface area (Å²) in [6.07, 6.45) is 9.71. The number of hydrogen-bond acceptors (Lipinski definition) is 7. The van der Waals surface area contributed by atoms with Crippen molar-refractivity contribution in [1.29, 1.82) is 0 Å². The Labute approximate surface area is 237 Å². The molecule has 3 aliphatic rings.